The summed E-state index contributed by atoms with van der Waals surface area (Å²) in [5.74, 6) is -0.116. The summed E-state index contributed by atoms with van der Waals surface area (Å²) in [7, 11) is 1.91. The van der Waals surface area contributed by atoms with Crippen LogP contribution in [0.15, 0.2) is 65.5 Å². The van der Waals surface area contributed by atoms with Crippen molar-refractivity contribution in [3.63, 3.8) is 0 Å². The zero-order valence-corrected chi connectivity index (χ0v) is 20.0. The molecule has 0 bridgehead atoms. The number of amides is 2. The normalized spacial score (nSPS) is 10.6. The number of unbranched alkanes of at least 4 members (excludes halogenated alkanes) is 1. The summed E-state index contributed by atoms with van der Waals surface area (Å²) in [5.41, 5.74) is 3.11. The number of anilines is 1. The predicted octanol–water partition coefficient (Wildman–Crippen LogP) is 3.26. The molecule has 0 aliphatic carbocycles. The Morgan fingerprint density at radius 3 is 2.51 bits per heavy atom. The van der Waals surface area contributed by atoms with Gasteiger partial charge in [-0.1, -0.05) is 24.3 Å². The minimum Gasteiger partial charge on any atom is -0.450 e. The monoisotopic (exact) mass is 477 g/mol. The Bertz CT molecular complexity index is 1190. The van der Waals surface area contributed by atoms with Crippen LogP contribution in [-0.4, -0.2) is 48.5 Å². The first-order chi connectivity index (χ1) is 17.0. The van der Waals surface area contributed by atoms with E-state index < -0.39 is 6.09 Å². The predicted molar refractivity (Wildman–Crippen MR) is 136 cm³/mol. The van der Waals surface area contributed by atoms with Gasteiger partial charge >= 0.3 is 6.09 Å². The Balaban J connectivity index is 1.68. The average Bonchev–Trinajstić information content (AvgIpc) is 2.85. The molecular weight excluding hydrogens is 446 g/mol. The zero-order valence-electron chi connectivity index (χ0n) is 20.0. The van der Waals surface area contributed by atoms with Crippen LogP contribution in [-0.2, 0) is 11.3 Å². The molecule has 3 aromatic rings. The summed E-state index contributed by atoms with van der Waals surface area (Å²) in [6.07, 6.45) is 1.38. The number of hydrogen-bond donors (Lipinski definition) is 3. The second-order valence-electron chi connectivity index (χ2n) is 7.90. The summed E-state index contributed by atoms with van der Waals surface area (Å²) in [4.78, 5) is 36.4. The first-order valence-electron chi connectivity index (χ1n) is 11.6. The molecule has 0 unspecified atom stereocenters. The number of carbonyl (C=O) groups is 2. The molecule has 0 spiro atoms. The number of hydrogen-bond acceptors (Lipinski definition) is 6. The lowest BCUT2D eigenvalue weighted by atomic mass is 10.1. The van der Waals surface area contributed by atoms with Crippen LogP contribution in [0.1, 0.15) is 35.7 Å². The minimum atomic E-state index is -0.534. The second kappa shape index (κ2) is 13.0. The number of benzene rings is 2. The molecule has 9 heteroatoms. The molecule has 0 aliphatic rings. The summed E-state index contributed by atoms with van der Waals surface area (Å²) >= 11 is 0. The summed E-state index contributed by atoms with van der Waals surface area (Å²) in [6.45, 7) is 3.80. The van der Waals surface area contributed by atoms with Gasteiger partial charge < -0.3 is 15.4 Å². The third-order valence-corrected chi connectivity index (χ3v) is 5.23. The number of carbonyl (C=O) groups excluding carboxylic acids is 2. The zero-order chi connectivity index (χ0) is 25.0. The number of nitrogens with zero attached hydrogens (tertiary/aromatic N) is 2. The van der Waals surface area contributed by atoms with E-state index in [2.05, 4.69) is 21.0 Å². The van der Waals surface area contributed by atoms with Gasteiger partial charge in [-0.3, -0.25) is 14.9 Å². The first kappa shape index (κ1) is 25.6. The SMILES string of the molecule is CCOC(=O)Nc1cccc(Cn2nc(-c3ccc(C(=O)NCCCCNC)cc3)ccc2=O)c1. The smallest absolute Gasteiger partial charge is 0.411 e. The van der Waals surface area contributed by atoms with Crippen LogP contribution in [0.4, 0.5) is 10.5 Å². The molecule has 0 atom stereocenters. The van der Waals surface area contributed by atoms with Gasteiger partial charge in [0.2, 0.25) is 0 Å². The van der Waals surface area contributed by atoms with Gasteiger partial charge in [0.25, 0.3) is 11.5 Å². The Kier molecular flexibility index (Phi) is 9.56. The highest BCUT2D eigenvalue weighted by molar-refractivity contribution is 5.94. The Hall–Kier alpha value is -3.98. The summed E-state index contributed by atoms with van der Waals surface area (Å²) < 4.78 is 6.26. The van der Waals surface area contributed by atoms with Crippen LogP contribution in [0.3, 0.4) is 0 Å². The quantitative estimate of drug-likeness (QED) is 0.365. The van der Waals surface area contributed by atoms with Gasteiger partial charge in [0.1, 0.15) is 0 Å². The van der Waals surface area contributed by atoms with Crippen molar-refractivity contribution in [2.75, 3.05) is 32.1 Å². The van der Waals surface area contributed by atoms with Crippen molar-refractivity contribution in [2.45, 2.75) is 26.3 Å². The van der Waals surface area contributed by atoms with Crippen molar-refractivity contribution in [1.29, 1.82) is 0 Å². The van der Waals surface area contributed by atoms with Gasteiger partial charge in [0.05, 0.1) is 18.8 Å². The lowest BCUT2D eigenvalue weighted by Gasteiger charge is -2.10. The van der Waals surface area contributed by atoms with Crippen molar-refractivity contribution < 1.29 is 14.3 Å². The van der Waals surface area contributed by atoms with E-state index in [1.807, 2.05) is 25.2 Å². The van der Waals surface area contributed by atoms with E-state index in [1.54, 1.807) is 43.3 Å². The van der Waals surface area contributed by atoms with Crippen molar-refractivity contribution in [3.8, 4) is 11.3 Å². The van der Waals surface area contributed by atoms with E-state index in [-0.39, 0.29) is 24.6 Å². The maximum Gasteiger partial charge on any atom is 0.411 e. The van der Waals surface area contributed by atoms with Crippen LogP contribution in [0.25, 0.3) is 11.3 Å². The van der Waals surface area contributed by atoms with Crippen LogP contribution >= 0.6 is 0 Å². The molecule has 1 aromatic heterocycles. The third-order valence-electron chi connectivity index (χ3n) is 5.23. The Labute approximate surface area is 204 Å². The standard InChI is InChI=1S/C26H31N5O4/c1-3-35-26(34)29-22-8-6-7-19(17-22)18-31-24(32)14-13-23(30-31)20-9-11-21(12-10-20)25(33)28-16-5-4-15-27-2/h6-14,17,27H,3-5,15-16,18H2,1-2H3,(H,28,33)(H,29,34). The highest BCUT2D eigenvalue weighted by Crippen LogP contribution is 2.17. The molecule has 3 N–H and O–H groups in total. The molecule has 2 aromatic carbocycles. The lowest BCUT2D eigenvalue weighted by molar-refractivity contribution is 0.0953. The molecule has 0 saturated carbocycles. The molecule has 0 saturated heterocycles. The van der Waals surface area contributed by atoms with E-state index >= 15 is 0 Å². The van der Waals surface area contributed by atoms with Crippen molar-refractivity contribution in [2.24, 2.45) is 0 Å². The minimum absolute atomic E-state index is 0.116. The van der Waals surface area contributed by atoms with E-state index in [1.165, 1.54) is 10.7 Å². The number of ether oxygens (including phenoxy) is 1. The molecule has 0 aliphatic heterocycles. The highest BCUT2D eigenvalue weighted by atomic mass is 16.5. The number of rotatable bonds is 11. The molecule has 2 amide bonds. The van der Waals surface area contributed by atoms with E-state index in [9.17, 15) is 14.4 Å². The van der Waals surface area contributed by atoms with Gasteiger partial charge in [0.15, 0.2) is 0 Å². The maximum atomic E-state index is 12.4. The summed E-state index contributed by atoms with van der Waals surface area (Å²) in [5, 5.41) is 13.2. The van der Waals surface area contributed by atoms with Crippen molar-refractivity contribution >= 4 is 17.7 Å². The molecule has 3 rings (SSSR count). The van der Waals surface area contributed by atoms with Crippen molar-refractivity contribution in [1.82, 2.24) is 20.4 Å². The first-order valence-corrected chi connectivity index (χ1v) is 11.6. The second-order valence-corrected chi connectivity index (χ2v) is 7.90. The Morgan fingerprint density at radius 1 is 1.00 bits per heavy atom. The topological polar surface area (TPSA) is 114 Å². The van der Waals surface area contributed by atoms with E-state index in [0.29, 0.717) is 23.5 Å². The fourth-order valence-electron chi connectivity index (χ4n) is 3.44. The molecule has 0 fully saturated rings. The highest BCUT2D eigenvalue weighted by Gasteiger charge is 2.09. The van der Waals surface area contributed by atoms with Gasteiger partial charge in [-0.15, -0.1) is 0 Å². The van der Waals surface area contributed by atoms with Crippen LogP contribution in [0.5, 0.6) is 0 Å². The fraction of sp³-hybridized carbons (Fsp3) is 0.308. The maximum absolute atomic E-state index is 12.4. The van der Waals surface area contributed by atoms with Gasteiger partial charge in [-0.2, -0.15) is 5.10 Å². The van der Waals surface area contributed by atoms with Crippen LogP contribution in [0.2, 0.25) is 0 Å². The molecule has 9 nitrogen and oxygen atoms in total. The van der Waals surface area contributed by atoms with Gasteiger partial charge in [-0.05, 0) is 69.3 Å². The van der Waals surface area contributed by atoms with E-state index in [0.717, 1.165) is 30.5 Å². The Morgan fingerprint density at radius 2 is 1.77 bits per heavy atom. The van der Waals surface area contributed by atoms with Crippen molar-refractivity contribution in [3.05, 3.63) is 82.1 Å². The summed E-state index contributed by atoms with van der Waals surface area (Å²) in [6, 6.07) is 17.4. The molecular formula is C26H31N5O4. The fourth-order valence-corrected chi connectivity index (χ4v) is 3.44. The van der Waals surface area contributed by atoms with Gasteiger partial charge in [0, 0.05) is 29.4 Å². The number of nitrogens with one attached hydrogen (secondary N) is 3. The molecule has 1 heterocycles. The average molecular weight is 478 g/mol. The van der Waals surface area contributed by atoms with E-state index in [4.69, 9.17) is 4.74 Å². The molecule has 184 valence electrons. The van der Waals surface area contributed by atoms with Gasteiger partial charge in [-0.25, -0.2) is 9.48 Å². The third kappa shape index (κ3) is 7.79. The number of aromatic nitrogens is 2. The van der Waals surface area contributed by atoms with Crippen LogP contribution in [0, 0.1) is 0 Å². The molecule has 35 heavy (non-hydrogen) atoms. The largest absolute Gasteiger partial charge is 0.450 e. The molecule has 0 radical (unpaired) electrons. The lowest BCUT2D eigenvalue weighted by Crippen LogP contribution is -2.25. The van der Waals surface area contributed by atoms with Crippen LogP contribution < -0.4 is 21.5 Å².